The number of rotatable bonds is 5. The van der Waals surface area contributed by atoms with E-state index in [1.165, 1.54) is 37.7 Å². The molecule has 1 aromatic rings. The van der Waals surface area contributed by atoms with Crippen molar-refractivity contribution in [2.45, 2.75) is 45.1 Å². The van der Waals surface area contributed by atoms with Gasteiger partial charge in [-0.1, -0.05) is 42.5 Å². The third-order valence-corrected chi connectivity index (χ3v) is 4.80. The van der Waals surface area contributed by atoms with Crippen LogP contribution in [-0.2, 0) is 11.2 Å². The van der Waals surface area contributed by atoms with E-state index in [2.05, 4.69) is 72.7 Å². The second-order valence-corrected chi connectivity index (χ2v) is 6.47. The highest BCUT2D eigenvalue weighted by molar-refractivity contribution is 5.19. The van der Waals surface area contributed by atoms with Crippen molar-refractivity contribution in [2.75, 3.05) is 6.54 Å². The first kappa shape index (κ1) is 15.9. The number of ether oxygens (including phenoxy) is 1. The molecule has 0 aromatic heterocycles. The zero-order valence-electron chi connectivity index (χ0n) is 14.0. The van der Waals surface area contributed by atoms with Gasteiger partial charge in [-0.15, -0.1) is 0 Å². The van der Waals surface area contributed by atoms with Gasteiger partial charge in [0.15, 0.2) is 5.88 Å². The van der Waals surface area contributed by atoms with E-state index in [0.717, 1.165) is 18.3 Å². The van der Waals surface area contributed by atoms with Crippen LogP contribution in [0.1, 0.15) is 38.2 Å². The summed E-state index contributed by atoms with van der Waals surface area (Å²) in [5, 5.41) is 0. The Morgan fingerprint density at radius 2 is 1.78 bits per heavy atom. The summed E-state index contributed by atoms with van der Waals surface area (Å²) in [5.74, 6) is 1.80. The Morgan fingerprint density at radius 1 is 1.00 bits per heavy atom. The molecular formula is C21H27NO. The number of hydrogen-bond donors (Lipinski definition) is 0. The van der Waals surface area contributed by atoms with Gasteiger partial charge in [0.05, 0.1) is 0 Å². The number of nitrogens with zero attached hydrogens (tertiary/aromatic N) is 1. The van der Waals surface area contributed by atoms with Crippen molar-refractivity contribution < 1.29 is 4.74 Å². The Balaban J connectivity index is 1.50. The summed E-state index contributed by atoms with van der Waals surface area (Å²) in [6, 6.07) is 10.9. The van der Waals surface area contributed by atoms with Gasteiger partial charge in [-0.25, -0.2) is 0 Å². The van der Waals surface area contributed by atoms with Crippen molar-refractivity contribution in [1.29, 1.82) is 0 Å². The maximum absolute atomic E-state index is 6.30. The average Bonchev–Trinajstić information content (AvgIpc) is 2.82. The molecule has 1 fully saturated rings. The van der Waals surface area contributed by atoms with Gasteiger partial charge in [-0.2, -0.15) is 0 Å². The summed E-state index contributed by atoms with van der Waals surface area (Å²) >= 11 is 0. The first-order valence-electron chi connectivity index (χ1n) is 8.87. The largest absolute Gasteiger partial charge is 0.476 e. The predicted octanol–water partition coefficient (Wildman–Crippen LogP) is 5.05. The first-order chi connectivity index (χ1) is 11.3. The van der Waals surface area contributed by atoms with Crippen LogP contribution in [-0.4, -0.2) is 17.5 Å². The minimum atomic E-state index is 0.363. The van der Waals surface area contributed by atoms with Crippen LogP contribution in [0.25, 0.3) is 0 Å². The molecule has 122 valence electrons. The molecule has 2 nitrogen and oxygen atoms in total. The number of allylic oxidation sites excluding steroid dienone is 4. The van der Waals surface area contributed by atoms with Crippen molar-refractivity contribution in [3.8, 4) is 0 Å². The highest BCUT2D eigenvalue weighted by Gasteiger charge is 2.24. The van der Waals surface area contributed by atoms with Crippen LogP contribution in [0.3, 0.4) is 0 Å². The van der Waals surface area contributed by atoms with Crippen molar-refractivity contribution in [3.05, 3.63) is 72.3 Å². The summed E-state index contributed by atoms with van der Waals surface area (Å²) in [5.41, 5.74) is 1.47. The van der Waals surface area contributed by atoms with Gasteiger partial charge in [0, 0.05) is 12.7 Å². The number of benzene rings is 1. The molecule has 0 atom stereocenters. The topological polar surface area (TPSA) is 12.5 Å². The lowest BCUT2D eigenvalue weighted by Gasteiger charge is -2.32. The lowest BCUT2D eigenvalue weighted by Crippen LogP contribution is -2.27. The van der Waals surface area contributed by atoms with E-state index >= 15 is 0 Å². The Labute approximate surface area is 140 Å². The molecule has 0 bridgehead atoms. The highest BCUT2D eigenvalue weighted by Crippen LogP contribution is 2.30. The molecule has 2 aliphatic rings. The zero-order chi connectivity index (χ0) is 15.9. The van der Waals surface area contributed by atoms with Gasteiger partial charge in [0.25, 0.3) is 0 Å². The van der Waals surface area contributed by atoms with Gasteiger partial charge in [0.2, 0.25) is 0 Å². The Morgan fingerprint density at radius 3 is 2.52 bits per heavy atom. The highest BCUT2D eigenvalue weighted by atomic mass is 16.5. The normalized spacial score (nSPS) is 24.2. The van der Waals surface area contributed by atoms with Crippen LogP contribution in [0.15, 0.2) is 66.7 Å². The monoisotopic (exact) mass is 309 g/mol. The van der Waals surface area contributed by atoms with E-state index < -0.39 is 0 Å². The van der Waals surface area contributed by atoms with Gasteiger partial charge < -0.3 is 9.64 Å². The molecule has 1 aliphatic heterocycles. The second-order valence-electron chi connectivity index (χ2n) is 6.47. The van der Waals surface area contributed by atoms with Crippen LogP contribution in [0.4, 0.5) is 0 Å². The molecule has 0 spiro atoms. The molecule has 1 heterocycles. The van der Waals surface area contributed by atoms with Crippen molar-refractivity contribution in [3.63, 3.8) is 0 Å². The van der Waals surface area contributed by atoms with Gasteiger partial charge in [-0.3, -0.25) is 0 Å². The molecule has 23 heavy (non-hydrogen) atoms. The van der Waals surface area contributed by atoms with Crippen LogP contribution < -0.4 is 0 Å². The smallest absolute Gasteiger partial charge is 0.193 e. The molecule has 1 aliphatic carbocycles. The molecule has 0 saturated heterocycles. The summed E-state index contributed by atoms with van der Waals surface area (Å²) in [4.78, 5) is 2.18. The van der Waals surface area contributed by atoms with Crippen molar-refractivity contribution in [2.24, 2.45) is 5.92 Å². The molecule has 1 saturated carbocycles. The molecule has 0 radical (unpaired) electrons. The molecular weight excluding hydrogens is 282 g/mol. The standard InChI is InChI=1S/C21H27NO/c1-2-22-16-8-4-7-11-21(22)23-20-14-12-19(13-15-20)17-18-9-5-3-6-10-18/h3-11,16,19-20H,2,12-15,17H2,1H3. The Hall–Kier alpha value is -1.96. The van der Waals surface area contributed by atoms with E-state index in [1.54, 1.807) is 0 Å². The van der Waals surface area contributed by atoms with E-state index in [0.29, 0.717) is 6.10 Å². The molecule has 1 aromatic carbocycles. The molecule has 0 unspecified atom stereocenters. The van der Waals surface area contributed by atoms with Gasteiger partial charge in [0.1, 0.15) is 6.10 Å². The van der Waals surface area contributed by atoms with Crippen molar-refractivity contribution >= 4 is 0 Å². The van der Waals surface area contributed by atoms with E-state index in [4.69, 9.17) is 4.74 Å². The van der Waals surface area contributed by atoms with Crippen LogP contribution >= 0.6 is 0 Å². The van der Waals surface area contributed by atoms with Crippen molar-refractivity contribution in [1.82, 2.24) is 4.90 Å². The average molecular weight is 309 g/mol. The second kappa shape index (κ2) is 8.05. The quantitative estimate of drug-likeness (QED) is 0.754. The summed E-state index contributed by atoms with van der Waals surface area (Å²) in [7, 11) is 0. The van der Waals surface area contributed by atoms with Crippen LogP contribution in [0.2, 0.25) is 0 Å². The molecule has 3 rings (SSSR count). The maximum atomic E-state index is 6.30. The Bertz CT molecular complexity index is 565. The fourth-order valence-corrected chi connectivity index (χ4v) is 3.47. The summed E-state index contributed by atoms with van der Waals surface area (Å²) in [6.45, 7) is 3.09. The van der Waals surface area contributed by atoms with Gasteiger partial charge >= 0.3 is 0 Å². The third kappa shape index (κ3) is 4.51. The first-order valence-corrected chi connectivity index (χ1v) is 8.87. The molecule has 0 amide bonds. The Kier molecular flexibility index (Phi) is 5.57. The van der Waals surface area contributed by atoms with Gasteiger partial charge in [-0.05, 0) is 62.7 Å². The molecule has 0 N–H and O–H groups in total. The zero-order valence-corrected chi connectivity index (χ0v) is 14.0. The number of hydrogen-bond acceptors (Lipinski definition) is 2. The SMILES string of the molecule is CCN1C=CC=CC=C1OC1CCC(Cc2ccccc2)CC1. The third-order valence-electron chi connectivity index (χ3n) is 4.80. The minimum absolute atomic E-state index is 0.363. The summed E-state index contributed by atoms with van der Waals surface area (Å²) in [6.07, 6.45) is 16.8. The lowest BCUT2D eigenvalue weighted by molar-refractivity contribution is 0.0327. The fraction of sp³-hybridized carbons (Fsp3) is 0.429. The predicted molar refractivity (Wildman–Crippen MR) is 95.7 cm³/mol. The summed E-state index contributed by atoms with van der Waals surface area (Å²) < 4.78 is 6.30. The maximum Gasteiger partial charge on any atom is 0.193 e. The van der Waals surface area contributed by atoms with E-state index in [9.17, 15) is 0 Å². The minimum Gasteiger partial charge on any atom is -0.476 e. The van der Waals surface area contributed by atoms with E-state index in [-0.39, 0.29) is 0 Å². The fourth-order valence-electron chi connectivity index (χ4n) is 3.47. The van der Waals surface area contributed by atoms with Crippen LogP contribution in [0.5, 0.6) is 0 Å². The molecule has 2 heteroatoms. The lowest BCUT2D eigenvalue weighted by atomic mass is 9.83. The van der Waals surface area contributed by atoms with Crippen LogP contribution in [0, 0.1) is 5.92 Å². The van der Waals surface area contributed by atoms with E-state index in [1.807, 2.05) is 0 Å².